The molecule has 3 heteroatoms. The van der Waals surface area contributed by atoms with Crippen LogP contribution in [0.3, 0.4) is 0 Å². The van der Waals surface area contributed by atoms with Crippen LogP contribution in [0.15, 0.2) is 0 Å². The second-order valence-electron chi connectivity index (χ2n) is 4.68. The van der Waals surface area contributed by atoms with E-state index in [-0.39, 0.29) is 12.1 Å². The Labute approximate surface area is 100 Å². The van der Waals surface area contributed by atoms with Gasteiger partial charge in [-0.15, -0.1) is 0 Å². The number of carbonyl (C=O) groups is 1. The van der Waals surface area contributed by atoms with Crippen LogP contribution in [0.2, 0.25) is 0 Å². The second kappa shape index (κ2) is 10.8. The first-order valence-electron chi connectivity index (χ1n) is 6.71. The Morgan fingerprint density at radius 3 is 2.12 bits per heavy atom. The van der Waals surface area contributed by atoms with Gasteiger partial charge in [-0.25, -0.2) is 4.79 Å². The van der Waals surface area contributed by atoms with E-state index >= 15 is 0 Å². The highest BCUT2D eigenvalue weighted by molar-refractivity contribution is 5.73. The van der Waals surface area contributed by atoms with Gasteiger partial charge in [0.1, 0.15) is 0 Å². The normalized spacial score (nSPS) is 10.5. The Hall–Kier alpha value is -0.730. The lowest BCUT2D eigenvalue weighted by atomic mass is 10.1. The predicted octanol–water partition coefficient (Wildman–Crippen LogP) is 3.44. The Balaban J connectivity index is 3.11. The molecule has 0 aliphatic rings. The SMILES string of the molecule is CCCCCCCCCNC(=O)NC(C)C. The summed E-state index contributed by atoms with van der Waals surface area (Å²) in [5, 5.41) is 5.68. The summed E-state index contributed by atoms with van der Waals surface area (Å²) in [4.78, 5) is 11.2. The zero-order valence-electron chi connectivity index (χ0n) is 11.1. The zero-order valence-corrected chi connectivity index (χ0v) is 11.1. The summed E-state index contributed by atoms with van der Waals surface area (Å²) in [6.07, 6.45) is 8.98. The monoisotopic (exact) mass is 228 g/mol. The molecule has 0 radical (unpaired) electrons. The van der Waals surface area contributed by atoms with Crippen molar-refractivity contribution in [1.29, 1.82) is 0 Å². The molecule has 96 valence electrons. The highest BCUT2D eigenvalue weighted by atomic mass is 16.2. The molecule has 0 rings (SSSR count). The minimum absolute atomic E-state index is 0.0408. The summed E-state index contributed by atoms with van der Waals surface area (Å²) in [7, 11) is 0. The smallest absolute Gasteiger partial charge is 0.314 e. The van der Waals surface area contributed by atoms with Crippen molar-refractivity contribution in [3.63, 3.8) is 0 Å². The number of unbranched alkanes of at least 4 members (excludes halogenated alkanes) is 6. The minimum atomic E-state index is -0.0408. The molecule has 2 amide bonds. The zero-order chi connectivity index (χ0) is 12.2. The van der Waals surface area contributed by atoms with Gasteiger partial charge in [-0.2, -0.15) is 0 Å². The molecule has 3 nitrogen and oxygen atoms in total. The number of urea groups is 1. The lowest BCUT2D eigenvalue weighted by Gasteiger charge is -2.09. The van der Waals surface area contributed by atoms with E-state index in [0.717, 1.165) is 13.0 Å². The minimum Gasteiger partial charge on any atom is -0.338 e. The largest absolute Gasteiger partial charge is 0.338 e. The van der Waals surface area contributed by atoms with Crippen LogP contribution in [-0.2, 0) is 0 Å². The molecule has 0 saturated carbocycles. The molecule has 0 aromatic heterocycles. The van der Waals surface area contributed by atoms with Gasteiger partial charge in [-0.1, -0.05) is 45.4 Å². The van der Waals surface area contributed by atoms with Gasteiger partial charge >= 0.3 is 6.03 Å². The fourth-order valence-corrected chi connectivity index (χ4v) is 1.60. The molecule has 0 aromatic carbocycles. The lowest BCUT2D eigenvalue weighted by molar-refractivity contribution is 0.238. The van der Waals surface area contributed by atoms with Crippen molar-refractivity contribution in [2.75, 3.05) is 6.54 Å². The highest BCUT2D eigenvalue weighted by Gasteiger charge is 2.00. The highest BCUT2D eigenvalue weighted by Crippen LogP contribution is 2.06. The molecule has 0 saturated heterocycles. The van der Waals surface area contributed by atoms with E-state index in [2.05, 4.69) is 17.6 Å². The first-order valence-corrected chi connectivity index (χ1v) is 6.71. The third kappa shape index (κ3) is 11.3. The number of hydrogen-bond donors (Lipinski definition) is 2. The van der Waals surface area contributed by atoms with Crippen LogP contribution < -0.4 is 10.6 Å². The van der Waals surface area contributed by atoms with E-state index < -0.39 is 0 Å². The van der Waals surface area contributed by atoms with Crippen molar-refractivity contribution in [2.24, 2.45) is 0 Å². The standard InChI is InChI=1S/C13H28N2O/c1-4-5-6-7-8-9-10-11-14-13(16)15-12(2)3/h12H,4-11H2,1-3H3,(H2,14,15,16). The van der Waals surface area contributed by atoms with Crippen molar-refractivity contribution >= 4 is 6.03 Å². The van der Waals surface area contributed by atoms with Gasteiger partial charge in [0.15, 0.2) is 0 Å². The molecule has 0 aliphatic heterocycles. The molecule has 0 aromatic rings. The van der Waals surface area contributed by atoms with E-state index in [1.54, 1.807) is 0 Å². The van der Waals surface area contributed by atoms with Crippen LogP contribution in [0.1, 0.15) is 65.7 Å². The molecule has 0 bridgehead atoms. The number of carbonyl (C=O) groups excluding carboxylic acids is 1. The Kier molecular flexibility index (Phi) is 10.3. The maximum atomic E-state index is 11.2. The molecule has 0 fully saturated rings. The van der Waals surface area contributed by atoms with Crippen molar-refractivity contribution in [1.82, 2.24) is 10.6 Å². The van der Waals surface area contributed by atoms with Crippen LogP contribution in [0.5, 0.6) is 0 Å². The summed E-state index contributed by atoms with van der Waals surface area (Å²) in [6, 6.07) is 0.176. The summed E-state index contributed by atoms with van der Waals surface area (Å²) < 4.78 is 0. The number of hydrogen-bond acceptors (Lipinski definition) is 1. The van der Waals surface area contributed by atoms with Crippen LogP contribution in [0, 0.1) is 0 Å². The van der Waals surface area contributed by atoms with Gasteiger partial charge in [-0.05, 0) is 20.3 Å². The summed E-state index contributed by atoms with van der Waals surface area (Å²) in [6.45, 7) is 6.96. The number of nitrogens with one attached hydrogen (secondary N) is 2. The second-order valence-corrected chi connectivity index (χ2v) is 4.68. The topological polar surface area (TPSA) is 41.1 Å². The Bertz CT molecular complexity index is 169. The van der Waals surface area contributed by atoms with Crippen molar-refractivity contribution in [3.8, 4) is 0 Å². The summed E-state index contributed by atoms with van der Waals surface area (Å²) >= 11 is 0. The predicted molar refractivity (Wildman–Crippen MR) is 69.7 cm³/mol. The van der Waals surface area contributed by atoms with Crippen LogP contribution >= 0.6 is 0 Å². The number of rotatable bonds is 9. The Morgan fingerprint density at radius 1 is 1.00 bits per heavy atom. The molecule has 0 spiro atoms. The van der Waals surface area contributed by atoms with E-state index in [0.29, 0.717) is 0 Å². The molecule has 0 heterocycles. The van der Waals surface area contributed by atoms with E-state index in [4.69, 9.17) is 0 Å². The fourth-order valence-electron chi connectivity index (χ4n) is 1.60. The van der Waals surface area contributed by atoms with Gasteiger partial charge in [0.2, 0.25) is 0 Å². The molecular formula is C13H28N2O. The van der Waals surface area contributed by atoms with Gasteiger partial charge in [0, 0.05) is 12.6 Å². The third-order valence-corrected chi connectivity index (χ3v) is 2.49. The number of amides is 2. The van der Waals surface area contributed by atoms with Crippen LogP contribution in [0.25, 0.3) is 0 Å². The summed E-state index contributed by atoms with van der Waals surface area (Å²) in [5.41, 5.74) is 0. The van der Waals surface area contributed by atoms with Crippen molar-refractivity contribution < 1.29 is 4.79 Å². The van der Waals surface area contributed by atoms with Crippen molar-refractivity contribution in [3.05, 3.63) is 0 Å². The summed E-state index contributed by atoms with van der Waals surface area (Å²) in [5.74, 6) is 0. The van der Waals surface area contributed by atoms with Crippen molar-refractivity contribution in [2.45, 2.75) is 71.8 Å². The molecule has 16 heavy (non-hydrogen) atoms. The fraction of sp³-hybridized carbons (Fsp3) is 0.923. The average molecular weight is 228 g/mol. The van der Waals surface area contributed by atoms with E-state index in [1.807, 2.05) is 13.8 Å². The van der Waals surface area contributed by atoms with E-state index in [9.17, 15) is 4.79 Å². The molecule has 0 aliphatic carbocycles. The van der Waals surface area contributed by atoms with Gasteiger partial charge in [0.25, 0.3) is 0 Å². The Morgan fingerprint density at radius 2 is 1.56 bits per heavy atom. The van der Waals surface area contributed by atoms with Crippen LogP contribution in [-0.4, -0.2) is 18.6 Å². The molecular weight excluding hydrogens is 200 g/mol. The average Bonchev–Trinajstić information content (AvgIpc) is 2.21. The lowest BCUT2D eigenvalue weighted by Crippen LogP contribution is -2.39. The molecule has 0 atom stereocenters. The van der Waals surface area contributed by atoms with Crippen LogP contribution in [0.4, 0.5) is 4.79 Å². The maximum Gasteiger partial charge on any atom is 0.314 e. The third-order valence-electron chi connectivity index (χ3n) is 2.49. The first kappa shape index (κ1) is 15.3. The maximum absolute atomic E-state index is 11.2. The molecule has 2 N–H and O–H groups in total. The van der Waals surface area contributed by atoms with E-state index in [1.165, 1.54) is 38.5 Å². The van der Waals surface area contributed by atoms with Gasteiger partial charge in [0.05, 0.1) is 0 Å². The first-order chi connectivity index (χ1) is 7.66. The molecule has 0 unspecified atom stereocenters. The van der Waals surface area contributed by atoms with Gasteiger partial charge < -0.3 is 10.6 Å². The quantitative estimate of drug-likeness (QED) is 0.583. The van der Waals surface area contributed by atoms with Gasteiger partial charge in [-0.3, -0.25) is 0 Å².